The Labute approximate surface area is 151 Å². The molecule has 4 heterocycles. The molecule has 0 aliphatic carbocycles. The van der Waals surface area contributed by atoms with Crippen LogP contribution in [0.25, 0.3) is 0 Å². The van der Waals surface area contributed by atoms with Crippen LogP contribution in [0.4, 0.5) is 5.69 Å². The largest absolute Gasteiger partial charge is 0.369 e. The Morgan fingerprint density at radius 2 is 2.15 bits per heavy atom. The molecule has 0 aromatic carbocycles. The van der Waals surface area contributed by atoms with E-state index in [1.807, 2.05) is 0 Å². The van der Waals surface area contributed by atoms with Gasteiger partial charge in [0, 0.05) is 32.3 Å². The third-order valence-electron chi connectivity index (χ3n) is 4.92. The molecule has 2 aliphatic rings. The molecule has 2 aromatic rings. The third kappa shape index (κ3) is 3.78. The molecule has 9 nitrogen and oxygen atoms in total. The van der Waals surface area contributed by atoms with Crippen molar-refractivity contribution < 1.29 is 9.26 Å². The van der Waals surface area contributed by atoms with Crippen molar-refractivity contribution in [2.75, 3.05) is 44.7 Å². The summed E-state index contributed by atoms with van der Waals surface area (Å²) in [4.78, 5) is 21.3. The van der Waals surface area contributed by atoms with Crippen LogP contribution in [0.2, 0.25) is 0 Å². The molecule has 0 amide bonds. The van der Waals surface area contributed by atoms with Crippen LogP contribution in [0.1, 0.15) is 37.1 Å². The highest BCUT2D eigenvalue weighted by molar-refractivity contribution is 5.43. The molecule has 9 heteroatoms. The van der Waals surface area contributed by atoms with Crippen molar-refractivity contribution in [2.24, 2.45) is 0 Å². The Kier molecular flexibility index (Phi) is 4.98. The van der Waals surface area contributed by atoms with Crippen molar-refractivity contribution >= 4 is 5.69 Å². The highest BCUT2D eigenvalue weighted by atomic mass is 16.5. The zero-order valence-electron chi connectivity index (χ0n) is 15.0. The highest BCUT2D eigenvalue weighted by Gasteiger charge is 2.24. The quantitative estimate of drug-likeness (QED) is 0.786. The summed E-state index contributed by atoms with van der Waals surface area (Å²) in [5, 5.41) is 8.25. The second kappa shape index (κ2) is 7.55. The predicted octanol–water partition coefficient (Wildman–Crippen LogP) is 0.668. The van der Waals surface area contributed by atoms with Gasteiger partial charge < -0.3 is 19.1 Å². The van der Waals surface area contributed by atoms with E-state index < -0.39 is 0 Å². The van der Waals surface area contributed by atoms with Gasteiger partial charge in [-0.1, -0.05) is 5.16 Å². The van der Waals surface area contributed by atoms with E-state index in [4.69, 9.17) is 9.26 Å². The molecule has 4 rings (SSSR count). The molecule has 0 unspecified atom stereocenters. The molecule has 0 N–H and O–H groups in total. The van der Waals surface area contributed by atoms with Crippen LogP contribution in [0, 0.1) is 0 Å². The molecule has 0 spiro atoms. The van der Waals surface area contributed by atoms with Gasteiger partial charge in [-0.05, 0) is 32.9 Å². The summed E-state index contributed by atoms with van der Waals surface area (Å²) in [6, 6.07) is 1.64. The van der Waals surface area contributed by atoms with Crippen molar-refractivity contribution in [3.05, 3.63) is 34.3 Å². The molecule has 0 saturated carbocycles. The van der Waals surface area contributed by atoms with Crippen molar-refractivity contribution in [3.63, 3.8) is 0 Å². The monoisotopic (exact) mass is 360 g/mol. The number of rotatable bonds is 4. The van der Waals surface area contributed by atoms with Crippen molar-refractivity contribution in [1.82, 2.24) is 24.8 Å². The van der Waals surface area contributed by atoms with E-state index in [1.54, 1.807) is 12.3 Å². The van der Waals surface area contributed by atoms with E-state index in [1.165, 1.54) is 4.68 Å². The van der Waals surface area contributed by atoms with Gasteiger partial charge in [-0.25, -0.2) is 4.68 Å². The number of hydrogen-bond donors (Lipinski definition) is 0. The summed E-state index contributed by atoms with van der Waals surface area (Å²) in [5.74, 6) is 0.921. The fraction of sp³-hybridized carbons (Fsp3) is 0.647. The highest BCUT2D eigenvalue weighted by Crippen LogP contribution is 2.26. The zero-order chi connectivity index (χ0) is 17.9. The number of ether oxygens (including phenoxy) is 1. The Hall–Kier alpha value is -2.26. The zero-order valence-corrected chi connectivity index (χ0v) is 15.0. The van der Waals surface area contributed by atoms with Gasteiger partial charge in [0.15, 0.2) is 5.82 Å². The maximum Gasteiger partial charge on any atom is 0.269 e. The molecule has 0 radical (unpaired) electrons. The SMILES string of the molecule is CN1CCCN(c2cnn(Cc3noc([C@H]4CCCO4)n3)c(=O)c2)CC1. The fourth-order valence-electron chi connectivity index (χ4n) is 3.39. The summed E-state index contributed by atoms with van der Waals surface area (Å²) < 4.78 is 12.2. The molecule has 26 heavy (non-hydrogen) atoms. The van der Waals surface area contributed by atoms with Gasteiger partial charge >= 0.3 is 0 Å². The molecular formula is C17H24N6O3. The maximum absolute atomic E-state index is 12.5. The lowest BCUT2D eigenvalue weighted by Crippen LogP contribution is -2.31. The number of anilines is 1. The van der Waals surface area contributed by atoms with E-state index in [-0.39, 0.29) is 18.2 Å². The lowest BCUT2D eigenvalue weighted by atomic mass is 10.2. The van der Waals surface area contributed by atoms with Crippen molar-refractivity contribution in [3.8, 4) is 0 Å². The van der Waals surface area contributed by atoms with E-state index in [0.29, 0.717) is 11.7 Å². The van der Waals surface area contributed by atoms with Crippen LogP contribution in [-0.2, 0) is 11.3 Å². The topological polar surface area (TPSA) is 89.5 Å². The van der Waals surface area contributed by atoms with Crippen LogP contribution >= 0.6 is 0 Å². The normalized spacial score (nSPS) is 21.9. The lowest BCUT2D eigenvalue weighted by molar-refractivity contribution is 0.0835. The molecule has 2 aromatic heterocycles. The Morgan fingerprint density at radius 1 is 1.23 bits per heavy atom. The summed E-state index contributed by atoms with van der Waals surface area (Å²) in [6.07, 6.45) is 4.59. The molecule has 1 atom stereocenters. The second-order valence-electron chi connectivity index (χ2n) is 6.90. The van der Waals surface area contributed by atoms with Gasteiger partial charge in [0.25, 0.3) is 11.4 Å². The van der Waals surface area contributed by atoms with Crippen LogP contribution in [0.5, 0.6) is 0 Å². The van der Waals surface area contributed by atoms with Gasteiger partial charge in [0.05, 0.1) is 11.9 Å². The number of likely N-dealkylation sites (N-methyl/N-ethyl adjacent to an activating group) is 1. The van der Waals surface area contributed by atoms with Gasteiger partial charge in [-0.15, -0.1) is 0 Å². The first kappa shape index (κ1) is 17.2. The average molecular weight is 360 g/mol. The molecule has 2 aliphatic heterocycles. The van der Waals surface area contributed by atoms with Crippen molar-refractivity contribution in [2.45, 2.75) is 31.9 Å². The number of nitrogens with zero attached hydrogens (tertiary/aromatic N) is 6. The van der Waals surface area contributed by atoms with Gasteiger partial charge in [0.1, 0.15) is 12.6 Å². The van der Waals surface area contributed by atoms with Crippen LogP contribution in [0.3, 0.4) is 0 Å². The second-order valence-corrected chi connectivity index (χ2v) is 6.90. The Bertz CT molecular complexity index is 798. The summed E-state index contributed by atoms with van der Waals surface area (Å²) in [6.45, 7) is 4.81. The smallest absolute Gasteiger partial charge is 0.269 e. The van der Waals surface area contributed by atoms with Crippen LogP contribution in [0.15, 0.2) is 21.6 Å². The van der Waals surface area contributed by atoms with Gasteiger partial charge in [-0.2, -0.15) is 10.1 Å². The minimum atomic E-state index is -0.163. The fourth-order valence-corrected chi connectivity index (χ4v) is 3.39. The first-order valence-electron chi connectivity index (χ1n) is 9.14. The standard InChI is InChI=1S/C17H24N6O3/c1-21-5-3-6-22(8-7-21)13-10-16(24)23(18-11-13)12-15-19-17(26-20-15)14-4-2-9-25-14/h10-11,14H,2-9,12H2,1H3/t14-/m1/s1. The number of aromatic nitrogens is 4. The van der Waals surface area contributed by atoms with Crippen molar-refractivity contribution in [1.29, 1.82) is 0 Å². The molecule has 2 saturated heterocycles. The van der Waals surface area contributed by atoms with E-state index in [9.17, 15) is 4.79 Å². The summed E-state index contributed by atoms with van der Waals surface area (Å²) >= 11 is 0. The average Bonchev–Trinajstić information content (AvgIpc) is 3.27. The van der Waals surface area contributed by atoms with E-state index >= 15 is 0 Å². The summed E-state index contributed by atoms with van der Waals surface area (Å²) in [5.41, 5.74) is 0.707. The van der Waals surface area contributed by atoms with E-state index in [0.717, 1.165) is 57.7 Å². The van der Waals surface area contributed by atoms with Crippen LogP contribution < -0.4 is 10.5 Å². The number of hydrogen-bond acceptors (Lipinski definition) is 8. The molecule has 0 bridgehead atoms. The van der Waals surface area contributed by atoms with Crippen LogP contribution in [-0.4, -0.2) is 64.7 Å². The molecule has 140 valence electrons. The molecular weight excluding hydrogens is 336 g/mol. The lowest BCUT2D eigenvalue weighted by Gasteiger charge is -2.22. The predicted molar refractivity (Wildman–Crippen MR) is 94.2 cm³/mol. The Morgan fingerprint density at radius 3 is 2.96 bits per heavy atom. The first-order valence-corrected chi connectivity index (χ1v) is 9.14. The third-order valence-corrected chi connectivity index (χ3v) is 4.92. The molecule has 2 fully saturated rings. The van der Waals surface area contributed by atoms with Gasteiger partial charge in [-0.3, -0.25) is 4.79 Å². The summed E-state index contributed by atoms with van der Waals surface area (Å²) in [7, 11) is 2.12. The van der Waals surface area contributed by atoms with Gasteiger partial charge in [0.2, 0.25) is 0 Å². The minimum absolute atomic E-state index is 0.121. The first-order chi connectivity index (χ1) is 12.7. The Balaban J connectivity index is 1.45. The van der Waals surface area contributed by atoms with E-state index in [2.05, 4.69) is 32.1 Å². The minimum Gasteiger partial charge on any atom is -0.369 e. The maximum atomic E-state index is 12.5.